The van der Waals surface area contributed by atoms with Crippen LogP contribution in [-0.4, -0.2) is 80.9 Å². The molecule has 0 aromatic carbocycles. The van der Waals surface area contributed by atoms with Gasteiger partial charge in [-0.3, -0.25) is 24.0 Å². The fourth-order valence-electron chi connectivity index (χ4n) is 2.83. The summed E-state index contributed by atoms with van der Waals surface area (Å²) in [4.78, 5) is 58.0. The van der Waals surface area contributed by atoms with Crippen molar-refractivity contribution in [2.75, 3.05) is 20.3 Å². The number of carbonyl (C=O) groups excluding carboxylic acids is 5. The fourth-order valence-corrected chi connectivity index (χ4v) is 2.83. The van der Waals surface area contributed by atoms with E-state index in [1.54, 1.807) is 0 Å². The minimum atomic E-state index is -1.34. The summed E-state index contributed by atoms with van der Waals surface area (Å²) in [5.41, 5.74) is 0. The third-order valence-corrected chi connectivity index (χ3v) is 4.06. The van der Waals surface area contributed by atoms with Gasteiger partial charge >= 0.3 is 29.8 Å². The third-order valence-electron chi connectivity index (χ3n) is 4.06. The van der Waals surface area contributed by atoms with Gasteiger partial charge in [0.15, 0.2) is 24.6 Å². The SMILES string of the molecule is COC(=O)[C@@H](C)CO[C@@H]1OC(COC(C)=O)[C@H](OC(C)=O)C(OC(C)=O)C1OC(C)=O. The van der Waals surface area contributed by atoms with Gasteiger partial charge in [0.25, 0.3) is 0 Å². The first-order chi connectivity index (χ1) is 14.5. The maximum Gasteiger partial charge on any atom is 0.310 e. The van der Waals surface area contributed by atoms with Crippen molar-refractivity contribution >= 4 is 29.8 Å². The van der Waals surface area contributed by atoms with Crippen molar-refractivity contribution in [1.29, 1.82) is 0 Å². The number of hydrogen-bond donors (Lipinski definition) is 0. The molecule has 1 fully saturated rings. The lowest BCUT2D eigenvalue weighted by molar-refractivity contribution is -0.309. The Morgan fingerprint density at radius 1 is 0.806 bits per heavy atom. The van der Waals surface area contributed by atoms with Crippen LogP contribution in [0.1, 0.15) is 34.6 Å². The lowest BCUT2D eigenvalue weighted by atomic mass is 9.98. The second-order valence-electron chi connectivity index (χ2n) is 6.83. The molecule has 0 aliphatic carbocycles. The quantitative estimate of drug-likeness (QED) is 0.342. The van der Waals surface area contributed by atoms with Crippen LogP contribution in [0.2, 0.25) is 0 Å². The number of rotatable bonds is 9. The zero-order valence-corrected chi connectivity index (χ0v) is 18.3. The van der Waals surface area contributed by atoms with Gasteiger partial charge in [0.05, 0.1) is 19.6 Å². The van der Waals surface area contributed by atoms with Crippen molar-refractivity contribution in [2.45, 2.75) is 65.3 Å². The standard InChI is InChI=1S/C19H28O12/c1-9(18(24)25-6)7-27-19-17(30-13(5)23)16(29-12(4)22)15(28-11(3)21)14(31-19)8-26-10(2)20/h9,14-17,19H,7-8H2,1-6H3/t9-,14?,15-,16?,17?,19+/m0/s1. The summed E-state index contributed by atoms with van der Waals surface area (Å²) in [5.74, 6) is -4.12. The molecule has 31 heavy (non-hydrogen) atoms. The van der Waals surface area contributed by atoms with E-state index in [0.29, 0.717) is 0 Å². The van der Waals surface area contributed by atoms with Crippen molar-refractivity contribution < 1.29 is 57.1 Å². The van der Waals surface area contributed by atoms with Gasteiger partial charge in [-0.25, -0.2) is 0 Å². The Kier molecular flexibility index (Phi) is 10.4. The molecule has 1 heterocycles. The summed E-state index contributed by atoms with van der Waals surface area (Å²) in [6.07, 6.45) is -6.42. The molecule has 176 valence electrons. The molecule has 0 aromatic rings. The van der Waals surface area contributed by atoms with Crippen LogP contribution in [-0.2, 0) is 57.1 Å². The van der Waals surface area contributed by atoms with E-state index in [4.69, 9.17) is 28.4 Å². The smallest absolute Gasteiger partial charge is 0.310 e. The molecule has 0 N–H and O–H groups in total. The highest BCUT2D eigenvalue weighted by Gasteiger charge is 2.52. The van der Waals surface area contributed by atoms with E-state index in [0.717, 1.165) is 20.8 Å². The molecule has 0 bridgehead atoms. The Balaban J connectivity index is 3.25. The topological polar surface area (TPSA) is 150 Å². The van der Waals surface area contributed by atoms with E-state index in [2.05, 4.69) is 4.74 Å². The van der Waals surface area contributed by atoms with E-state index >= 15 is 0 Å². The Morgan fingerprint density at radius 3 is 1.81 bits per heavy atom. The number of carbonyl (C=O) groups is 5. The summed E-state index contributed by atoms with van der Waals surface area (Å²) in [7, 11) is 1.22. The van der Waals surface area contributed by atoms with Crippen LogP contribution in [0.15, 0.2) is 0 Å². The normalized spacial score (nSPS) is 26.2. The van der Waals surface area contributed by atoms with Crippen LogP contribution in [0.5, 0.6) is 0 Å². The lowest BCUT2D eigenvalue weighted by Gasteiger charge is -2.44. The van der Waals surface area contributed by atoms with Crippen LogP contribution < -0.4 is 0 Å². The Hall–Kier alpha value is -2.73. The molecule has 1 aliphatic heterocycles. The molecule has 0 aromatic heterocycles. The average molecular weight is 448 g/mol. The molecule has 1 aliphatic rings. The van der Waals surface area contributed by atoms with E-state index in [-0.39, 0.29) is 13.2 Å². The number of ether oxygens (including phenoxy) is 7. The minimum absolute atomic E-state index is 0.194. The van der Waals surface area contributed by atoms with E-state index in [1.807, 2.05) is 0 Å². The molecule has 3 unspecified atom stereocenters. The molecular formula is C19H28O12. The summed E-state index contributed by atoms with van der Waals surface area (Å²) in [6, 6.07) is 0. The summed E-state index contributed by atoms with van der Waals surface area (Å²) in [6.45, 7) is 5.49. The Morgan fingerprint density at radius 2 is 1.32 bits per heavy atom. The fraction of sp³-hybridized carbons (Fsp3) is 0.737. The average Bonchev–Trinajstić information content (AvgIpc) is 2.66. The first-order valence-corrected chi connectivity index (χ1v) is 9.46. The third kappa shape index (κ3) is 8.50. The molecule has 0 amide bonds. The van der Waals surface area contributed by atoms with Crippen LogP contribution in [0.4, 0.5) is 0 Å². The van der Waals surface area contributed by atoms with Gasteiger partial charge in [-0.05, 0) is 6.92 Å². The maximum atomic E-state index is 11.7. The number of methoxy groups -OCH3 is 1. The molecule has 0 saturated carbocycles. The largest absolute Gasteiger partial charge is 0.469 e. The highest BCUT2D eigenvalue weighted by atomic mass is 16.7. The Bertz CT molecular complexity index is 675. The minimum Gasteiger partial charge on any atom is -0.469 e. The zero-order chi connectivity index (χ0) is 23.7. The Labute approximate surface area is 179 Å². The predicted octanol–water partition coefficient (Wildman–Crippen LogP) is -0.105. The first-order valence-electron chi connectivity index (χ1n) is 9.46. The van der Waals surface area contributed by atoms with Gasteiger partial charge in [0, 0.05) is 27.7 Å². The monoisotopic (exact) mass is 448 g/mol. The number of hydrogen-bond acceptors (Lipinski definition) is 12. The van der Waals surface area contributed by atoms with Crippen molar-refractivity contribution in [3.8, 4) is 0 Å². The van der Waals surface area contributed by atoms with Gasteiger partial charge < -0.3 is 33.2 Å². The molecule has 1 saturated heterocycles. The lowest BCUT2D eigenvalue weighted by Crippen LogP contribution is -2.63. The zero-order valence-electron chi connectivity index (χ0n) is 18.3. The first kappa shape index (κ1) is 26.3. The summed E-state index contributed by atoms with van der Waals surface area (Å²) < 4.78 is 36.7. The second kappa shape index (κ2) is 12.2. The maximum absolute atomic E-state index is 11.7. The van der Waals surface area contributed by atoms with Crippen molar-refractivity contribution in [3.63, 3.8) is 0 Å². The van der Waals surface area contributed by atoms with Gasteiger partial charge in [0.1, 0.15) is 12.7 Å². The van der Waals surface area contributed by atoms with Gasteiger partial charge in [-0.1, -0.05) is 0 Å². The van der Waals surface area contributed by atoms with Gasteiger partial charge in [0.2, 0.25) is 0 Å². The van der Waals surface area contributed by atoms with E-state index in [1.165, 1.54) is 21.0 Å². The highest BCUT2D eigenvalue weighted by Crippen LogP contribution is 2.30. The van der Waals surface area contributed by atoms with Gasteiger partial charge in [-0.2, -0.15) is 0 Å². The van der Waals surface area contributed by atoms with Crippen LogP contribution in [0.3, 0.4) is 0 Å². The summed E-state index contributed by atoms with van der Waals surface area (Å²) in [5, 5.41) is 0. The summed E-state index contributed by atoms with van der Waals surface area (Å²) >= 11 is 0. The van der Waals surface area contributed by atoms with Crippen LogP contribution in [0.25, 0.3) is 0 Å². The van der Waals surface area contributed by atoms with Crippen molar-refractivity contribution in [1.82, 2.24) is 0 Å². The van der Waals surface area contributed by atoms with Crippen molar-refractivity contribution in [3.05, 3.63) is 0 Å². The van der Waals surface area contributed by atoms with E-state index in [9.17, 15) is 24.0 Å². The number of esters is 5. The molecule has 12 nitrogen and oxygen atoms in total. The van der Waals surface area contributed by atoms with E-state index < -0.39 is 66.5 Å². The van der Waals surface area contributed by atoms with Crippen LogP contribution >= 0.6 is 0 Å². The molecule has 1 rings (SSSR count). The molecule has 0 radical (unpaired) electrons. The molecular weight excluding hydrogens is 420 g/mol. The highest BCUT2D eigenvalue weighted by molar-refractivity contribution is 5.72. The van der Waals surface area contributed by atoms with Crippen LogP contribution in [0, 0.1) is 5.92 Å². The van der Waals surface area contributed by atoms with Crippen molar-refractivity contribution in [2.24, 2.45) is 5.92 Å². The van der Waals surface area contributed by atoms with Gasteiger partial charge in [-0.15, -0.1) is 0 Å². The molecule has 6 atom stereocenters. The second-order valence-corrected chi connectivity index (χ2v) is 6.83. The predicted molar refractivity (Wildman–Crippen MR) is 99.1 cm³/mol. The molecule has 12 heteroatoms. The molecule has 0 spiro atoms.